The van der Waals surface area contributed by atoms with Gasteiger partial charge in [0.15, 0.2) is 0 Å². The van der Waals surface area contributed by atoms with Crippen molar-refractivity contribution < 1.29 is 8.42 Å². The van der Waals surface area contributed by atoms with E-state index in [1.807, 2.05) is 6.07 Å². The number of hydrogen-bond donors (Lipinski definition) is 3. The van der Waals surface area contributed by atoms with Gasteiger partial charge in [-0.3, -0.25) is 0 Å². The van der Waals surface area contributed by atoms with Gasteiger partial charge in [-0.25, -0.2) is 13.1 Å². The summed E-state index contributed by atoms with van der Waals surface area (Å²) in [5, 5.41) is 3.28. The molecule has 4 N–H and O–H groups in total. The van der Waals surface area contributed by atoms with Crippen LogP contribution in [0.2, 0.25) is 0 Å². The SMILES string of the molecule is CC(C)NS(=O)(=O)c1ccccc1NC1(CN)CC1. The normalized spacial score (nSPS) is 17.5. The minimum absolute atomic E-state index is 0.122. The molecule has 0 aromatic heterocycles. The number of sulfonamides is 1. The molecule has 0 radical (unpaired) electrons. The molecular formula is C13H21N3O2S. The van der Waals surface area contributed by atoms with Crippen LogP contribution >= 0.6 is 0 Å². The molecule has 19 heavy (non-hydrogen) atoms. The van der Waals surface area contributed by atoms with Gasteiger partial charge in [-0.15, -0.1) is 0 Å². The number of benzene rings is 1. The molecule has 0 saturated heterocycles. The summed E-state index contributed by atoms with van der Waals surface area (Å²) < 4.78 is 27.2. The lowest BCUT2D eigenvalue weighted by Gasteiger charge is -2.20. The third-order valence-electron chi connectivity index (χ3n) is 3.21. The van der Waals surface area contributed by atoms with Crippen LogP contribution in [0, 0.1) is 0 Å². The van der Waals surface area contributed by atoms with Crippen LogP contribution in [0.5, 0.6) is 0 Å². The lowest BCUT2D eigenvalue weighted by atomic mass is 10.2. The molecule has 0 bridgehead atoms. The first-order valence-corrected chi connectivity index (χ1v) is 7.96. The number of hydrogen-bond acceptors (Lipinski definition) is 4. The van der Waals surface area contributed by atoms with E-state index in [4.69, 9.17) is 5.73 Å². The zero-order valence-corrected chi connectivity index (χ0v) is 12.1. The van der Waals surface area contributed by atoms with E-state index < -0.39 is 10.0 Å². The zero-order chi connectivity index (χ0) is 14.1. The smallest absolute Gasteiger partial charge is 0.242 e. The monoisotopic (exact) mass is 283 g/mol. The Hall–Kier alpha value is -1.11. The summed E-state index contributed by atoms with van der Waals surface area (Å²) in [5.41, 5.74) is 6.23. The standard InChI is InChI=1S/C13H21N3O2S/c1-10(2)16-19(17,18)12-6-4-3-5-11(12)15-13(9-14)7-8-13/h3-6,10,15-16H,7-9,14H2,1-2H3. The molecule has 0 atom stereocenters. The maximum absolute atomic E-state index is 12.3. The first kappa shape index (κ1) is 14.3. The molecular weight excluding hydrogens is 262 g/mol. The maximum Gasteiger partial charge on any atom is 0.242 e. The molecule has 1 aromatic carbocycles. The molecule has 6 heteroatoms. The van der Waals surface area contributed by atoms with Gasteiger partial charge >= 0.3 is 0 Å². The van der Waals surface area contributed by atoms with Crippen LogP contribution in [-0.4, -0.2) is 26.5 Å². The number of anilines is 1. The van der Waals surface area contributed by atoms with Crippen molar-refractivity contribution in [3.63, 3.8) is 0 Å². The van der Waals surface area contributed by atoms with Crippen LogP contribution in [0.1, 0.15) is 26.7 Å². The zero-order valence-electron chi connectivity index (χ0n) is 11.3. The van der Waals surface area contributed by atoms with E-state index in [1.165, 1.54) is 0 Å². The van der Waals surface area contributed by atoms with Crippen molar-refractivity contribution in [1.29, 1.82) is 0 Å². The number of rotatable bonds is 6. The van der Waals surface area contributed by atoms with Crippen LogP contribution in [0.25, 0.3) is 0 Å². The van der Waals surface area contributed by atoms with Gasteiger partial charge in [0.1, 0.15) is 4.90 Å². The average Bonchev–Trinajstić information content (AvgIpc) is 3.08. The van der Waals surface area contributed by atoms with Gasteiger partial charge in [-0.2, -0.15) is 0 Å². The van der Waals surface area contributed by atoms with E-state index in [0.717, 1.165) is 12.8 Å². The van der Waals surface area contributed by atoms with Crippen molar-refractivity contribution in [2.45, 2.75) is 43.2 Å². The second kappa shape index (κ2) is 5.11. The molecule has 0 aliphatic heterocycles. The molecule has 2 rings (SSSR count). The highest BCUT2D eigenvalue weighted by molar-refractivity contribution is 7.89. The predicted molar refractivity (Wildman–Crippen MR) is 76.5 cm³/mol. The third kappa shape index (κ3) is 3.26. The summed E-state index contributed by atoms with van der Waals surface area (Å²) >= 11 is 0. The summed E-state index contributed by atoms with van der Waals surface area (Å²) in [6.07, 6.45) is 1.96. The Labute approximate surface area is 114 Å². The first-order chi connectivity index (χ1) is 8.88. The van der Waals surface area contributed by atoms with Crippen molar-refractivity contribution in [1.82, 2.24) is 4.72 Å². The van der Waals surface area contributed by atoms with E-state index >= 15 is 0 Å². The van der Waals surface area contributed by atoms with Gasteiger partial charge < -0.3 is 11.1 Å². The minimum Gasteiger partial charge on any atom is -0.377 e. The van der Waals surface area contributed by atoms with Crippen molar-refractivity contribution in [3.8, 4) is 0 Å². The summed E-state index contributed by atoms with van der Waals surface area (Å²) in [4.78, 5) is 0.281. The van der Waals surface area contributed by atoms with E-state index in [9.17, 15) is 8.42 Å². The highest BCUT2D eigenvalue weighted by Gasteiger charge is 2.42. The van der Waals surface area contributed by atoms with E-state index in [0.29, 0.717) is 12.2 Å². The fourth-order valence-electron chi connectivity index (χ4n) is 1.99. The van der Waals surface area contributed by atoms with E-state index in [-0.39, 0.29) is 16.5 Å². The summed E-state index contributed by atoms with van der Waals surface area (Å²) in [6.45, 7) is 4.12. The van der Waals surface area contributed by atoms with Gasteiger partial charge in [-0.1, -0.05) is 12.1 Å². The Bertz CT molecular complexity index is 551. The molecule has 1 fully saturated rings. The number of nitrogens with two attached hydrogens (primary N) is 1. The van der Waals surface area contributed by atoms with Gasteiger partial charge in [-0.05, 0) is 38.8 Å². The highest BCUT2D eigenvalue weighted by atomic mass is 32.2. The van der Waals surface area contributed by atoms with E-state index in [1.54, 1.807) is 32.0 Å². The topological polar surface area (TPSA) is 84.2 Å². The molecule has 106 valence electrons. The molecule has 0 amide bonds. The second-order valence-electron chi connectivity index (χ2n) is 5.38. The van der Waals surface area contributed by atoms with Crippen molar-refractivity contribution in [3.05, 3.63) is 24.3 Å². The second-order valence-corrected chi connectivity index (χ2v) is 7.06. The molecule has 1 aromatic rings. The van der Waals surface area contributed by atoms with Crippen LogP contribution in [0.15, 0.2) is 29.2 Å². The lowest BCUT2D eigenvalue weighted by Crippen LogP contribution is -2.34. The molecule has 1 aliphatic rings. The molecule has 1 saturated carbocycles. The Kier molecular flexibility index (Phi) is 3.85. The number of nitrogens with one attached hydrogen (secondary N) is 2. The Balaban J connectivity index is 2.31. The molecule has 1 aliphatic carbocycles. The van der Waals surface area contributed by atoms with Gasteiger partial charge in [0.25, 0.3) is 0 Å². The van der Waals surface area contributed by atoms with Gasteiger partial charge in [0.2, 0.25) is 10.0 Å². The average molecular weight is 283 g/mol. The predicted octanol–water partition coefficient (Wildman–Crippen LogP) is 1.28. The molecule has 0 unspecified atom stereocenters. The molecule has 5 nitrogen and oxygen atoms in total. The summed E-state index contributed by atoms with van der Waals surface area (Å²) in [6, 6.07) is 6.80. The quantitative estimate of drug-likeness (QED) is 0.734. The van der Waals surface area contributed by atoms with Crippen molar-refractivity contribution in [2.24, 2.45) is 5.73 Å². The fraction of sp³-hybridized carbons (Fsp3) is 0.538. The molecule has 0 heterocycles. The summed E-state index contributed by atoms with van der Waals surface area (Å²) in [5.74, 6) is 0. The maximum atomic E-state index is 12.3. The number of para-hydroxylation sites is 1. The lowest BCUT2D eigenvalue weighted by molar-refractivity contribution is 0.570. The van der Waals surface area contributed by atoms with Crippen LogP contribution in [-0.2, 0) is 10.0 Å². The highest BCUT2D eigenvalue weighted by Crippen LogP contribution is 2.39. The Morgan fingerprint density at radius 1 is 1.32 bits per heavy atom. The van der Waals surface area contributed by atoms with E-state index in [2.05, 4.69) is 10.0 Å². The van der Waals surface area contributed by atoms with Crippen LogP contribution in [0.3, 0.4) is 0 Å². The third-order valence-corrected chi connectivity index (χ3v) is 4.93. The fourth-order valence-corrected chi connectivity index (χ4v) is 3.41. The largest absolute Gasteiger partial charge is 0.377 e. The Morgan fingerprint density at radius 2 is 1.95 bits per heavy atom. The van der Waals surface area contributed by atoms with Gasteiger partial charge in [0, 0.05) is 18.1 Å². The minimum atomic E-state index is -3.50. The summed E-state index contributed by atoms with van der Waals surface area (Å²) in [7, 11) is -3.50. The van der Waals surface area contributed by atoms with Crippen molar-refractivity contribution in [2.75, 3.05) is 11.9 Å². The molecule has 0 spiro atoms. The van der Waals surface area contributed by atoms with Crippen LogP contribution in [0.4, 0.5) is 5.69 Å². The Morgan fingerprint density at radius 3 is 2.47 bits per heavy atom. The van der Waals surface area contributed by atoms with Crippen molar-refractivity contribution >= 4 is 15.7 Å². The van der Waals surface area contributed by atoms with Crippen LogP contribution < -0.4 is 15.8 Å². The van der Waals surface area contributed by atoms with Gasteiger partial charge in [0.05, 0.1) is 5.69 Å². The first-order valence-electron chi connectivity index (χ1n) is 6.48.